The number of methoxy groups -OCH3 is 1. The third kappa shape index (κ3) is 5.70. The second kappa shape index (κ2) is 10.9. The summed E-state index contributed by atoms with van der Waals surface area (Å²) < 4.78 is 45.4. The van der Waals surface area contributed by atoms with Gasteiger partial charge in [0.05, 0.1) is 29.3 Å². The van der Waals surface area contributed by atoms with Crippen LogP contribution in [-0.4, -0.2) is 45.7 Å². The fraction of sp³-hybridized carbons (Fsp3) is 0.231. The third-order valence-electron chi connectivity index (χ3n) is 5.74. The van der Waals surface area contributed by atoms with Gasteiger partial charge in [0.1, 0.15) is 11.6 Å². The normalized spacial score (nSPS) is 12.3. The number of hydrogen-bond donors (Lipinski definition) is 3. The molecule has 38 heavy (non-hydrogen) atoms. The van der Waals surface area contributed by atoms with Gasteiger partial charge in [-0.05, 0) is 71.2 Å². The molecule has 8 nitrogen and oxygen atoms in total. The smallest absolute Gasteiger partial charge is 0.416 e. The van der Waals surface area contributed by atoms with Crippen molar-refractivity contribution in [1.82, 2.24) is 15.0 Å². The molecule has 0 bridgehead atoms. The van der Waals surface area contributed by atoms with Gasteiger partial charge in [0.25, 0.3) is 5.91 Å². The van der Waals surface area contributed by atoms with Crippen molar-refractivity contribution in [3.05, 3.63) is 70.0 Å². The van der Waals surface area contributed by atoms with E-state index in [2.05, 4.69) is 41.5 Å². The summed E-state index contributed by atoms with van der Waals surface area (Å²) >= 11 is 3.57. The number of aliphatic hydroxyl groups is 1. The number of aryl methyl sites for hydroxylation is 1. The van der Waals surface area contributed by atoms with Gasteiger partial charge in [0.2, 0.25) is 5.95 Å². The van der Waals surface area contributed by atoms with Crippen LogP contribution in [0.4, 0.5) is 24.9 Å². The van der Waals surface area contributed by atoms with E-state index < -0.39 is 17.6 Å². The van der Waals surface area contributed by atoms with Crippen molar-refractivity contribution in [1.29, 1.82) is 0 Å². The Labute approximate surface area is 224 Å². The number of anilines is 2. The van der Waals surface area contributed by atoms with Gasteiger partial charge in [-0.1, -0.05) is 6.07 Å². The first-order valence-corrected chi connectivity index (χ1v) is 12.2. The van der Waals surface area contributed by atoms with E-state index in [1.807, 2.05) is 13.0 Å². The summed E-state index contributed by atoms with van der Waals surface area (Å²) in [4.78, 5) is 25.6. The molecule has 2 aromatic carbocycles. The Morgan fingerprint density at radius 3 is 2.61 bits per heavy atom. The highest BCUT2D eigenvalue weighted by Crippen LogP contribution is 2.42. The van der Waals surface area contributed by atoms with Gasteiger partial charge in [0, 0.05) is 34.9 Å². The molecule has 4 aromatic rings. The van der Waals surface area contributed by atoms with Gasteiger partial charge in [0.15, 0.2) is 0 Å². The Bertz CT molecular complexity index is 1510. The molecule has 0 saturated carbocycles. The quantitative estimate of drug-likeness (QED) is 0.248. The lowest BCUT2D eigenvalue weighted by molar-refractivity contribution is -0.137. The maximum Gasteiger partial charge on any atom is 0.416 e. The topological polar surface area (TPSA) is 109 Å². The number of alkyl halides is 3. The number of aromatic nitrogens is 3. The van der Waals surface area contributed by atoms with Crippen molar-refractivity contribution >= 4 is 44.5 Å². The Kier molecular flexibility index (Phi) is 7.83. The zero-order chi connectivity index (χ0) is 27.6. The lowest BCUT2D eigenvalue weighted by atomic mass is 9.96. The zero-order valence-electron chi connectivity index (χ0n) is 20.5. The van der Waals surface area contributed by atoms with Gasteiger partial charge < -0.3 is 20.5 Å². The Hall–Kier alpha value is -3.77. The molecule has 0 fully saturated rings. The van der Waals surface area contributed by atoms with Crippen molar-refractivity contribution in [2.75, 3.05) is 24.4 Å². The number of benzene rings is 2. The molecule has 198 valence electrons. The lowest BCUT2D eigenvalue weighted by Crippen LogP contribution is -2.20. The van der Waals surface area contributed by atoms with Crippen molar-refractivity contribution in [3.63, 3.8) is 0 Å². The number of aliphatic hydroxyl groups excluding tert-OH is 1. The first-order valence-electron chi connectivity index (χ1n) is 11.4. The summed E-state index contributed by atoms with van der Waals surface area (Å²) in [5.74, 6) is -0.0193. The third-order valence-corrected chi connectivity index (χ3v) is 6.48. The summed E-state index contributed by atoms with van der Waals surface area (Å²) in [5.41, 5.74) is 2.05. The summed E-state index contributed by atoms with van der Waals surface area (Å²) in [6, 6.07) is 8.15. The largest absolute Gasteiger partial charge is 0.495 e. The number of carbonyl (C=O) groups excluding carboxylic acids is 1. The van der Waals surface area contributed by atoms with E-state index in [0.29, 0.717) is 38.2 Å². The second-order valence-electron chi connectivity index (χ2n) is 8.54. The number of amides is 1. The predicted molar refractivity (Wildman–Crippen MR) is 141 cm³/mol. The minimum atomic E-state index is -4.56. The van der Waals surface area contributed by atoms with Gasteiger partial charge in [-0.15, -0.1) is 0 Å². The molecule has 0 radical (unpaired) electrons. The van der Waals surface area contributed by atoms with E-state index in [0.717, 1.165) is 23.9 Å². The highest BCUT2D eigenvalue weighted by molar-refractivity contribution is 9.10. The fourth-order valence-electron chi connectivity index (χ4n) is 3.77. The highest BCUT2D eigenvalue weighted by Gasteiger charge is 2.31. The van der Waals surface area contributed by atoms with Crippen LogP contribution in [0.5, 0.6) is 5.75 Å². The molecular formula is C26H23BrF3N5O3. The molecule has 12 heteroatoms. The second-order valence-corrected chi connectivity index (χ2v) is 9.34. The Morgan fingerprint density at radius 1 is 1.16 bits per heavy atom. The molecule has 0 aliphatic carbocycles. The predicted octanol–water partition coefficient (Wildman–Crippen LogP) is 5.84. The zero-order valence-corrected chi connectivity index (χ0v) is 22.1. The van der Waals surface area contributed by atoms with Crippen LogP contribution in [0.25, 0.3) is 22.0 Å². The van der Waals surface area contributed by atoms with Crippen molar-refractivity contribution in [2.24, 2.45) is 0 Å². The highest BCUT2D eigenvalue weighted by atomic mass is 79.9. The van der Waals surface area contributed by atoms with Crippen molar-refractivity contribution in [2.45, 2.75) is 26.1 Å². The minimum absolute atomic E-state index is 0.0855. The summed E-state index contributed by atoms with van der Waals surface area (Å²) in [7, 11) is 1.51. The van der Waals surface area contributed by atoms with Crippen molar-refractivity contribution < 1.29 is 27.8 Å². The molecule has 1 atom stereocenters. The van der Waals surface area contributed by atoms with Gasteiger partial charge >= 0.3 is 6.18 Å². The number of fused-ring (bicyclic) bond motifs is 1. The molecule has 0 aliphatic heterocycles. The van der Waals surface area contributed by atoms with Crippen LogP contribution in [-0.2, 0) is 6.18 Å². The maximum atomic E-state index is 13.0. The van der Waals surface area contributed by atoms with Crippen LogP contribution in [0.3, 0.4) is 0 Å². The fourth-order valence-corrected chi connectivity index (χ4v) is 4.46. The number of pyridine rings is 1. The number of hydrogen-bond acceptors (Lipinski definition) is 7. The monoisotopic (exact) mass is 589 g/mol. The summed E-state index contributed by atoms with van der Waals surface area (Å²) in [6.45, 7) is 3.57. The number of carbonyl (C=O) groups is 1. The van der Waals surface area contributed by atoms with E-state index in [1.165, 1.54) is 7.11 Å². The molecule has 0 spiro atoms. The lowest BCUT2D eigenvalue weighted by Gasteiger charge is -2.17. The van der Waals surface area contributed by atoms with Gasteiger partial charge in [-0.2, -0.15) is 13.2 Å². The average Bonchev–Trinajstić information content (AvgIpc) is 2.88. The van der Waals surface area contributed by atoms with Crippen LogP contribution in [0, 0.1) is 6.92 Å². The molecule has 2 aromatic heterocycles. The first kappa shape index (κ1) is 27.3. The van der Waals surface area contributed by atoms with E-state index in [1.54, 1.807) is 31.3 Å². The number of nitrogens with one attached hydrogen (secondary N) is 2. The molecule has 1 amide bonds. The van der Waals surface area contributed by atoms with Crippen LogP contribution in [0.15, 0.2) is 53.3 Å². The molecule has 3 N–H and O–H groups in total. The van der Waals surface area contributed by atoms with Crippen LogP contribution in [0.2, 0.25) is 0 Å². The molecular weight excluding hydrogens is 567 g/mol. The van der Waals surface area contributed by atoms with Crippen LogP contribution < -0.4 is 15.4 Å². The molecule has 0 unspecified atom stereocenters. The number of rotatable bonds is 7. The number of halogens is 4. The molecule has 2 heterocycles. The van der Waals surface area contributed by atoms with Gasteiger partial charge in [-0.25, -0.2) is 15.0 Å². The standard InChI is InChI=1S/C26H23BrF3N5O3/c1-13-4-5-15(24(37)34-20-10-17(6-7-31-20)26(28,29)30)8-18(13)19-9-16-11-32-25(33-14(2)12-36)35-22(16)21(27)23(19)38-3/h4-11,14,36H,12H2,1-3H3,(H,31,34,37)(H,32,33,35)/t14-/m0/s1. The number of nitrogens with zero attached hydrogens (tertiary/aromatic N) is 3. The van der Waals surface area contributed by atoms with Gasteiger partial charge in [-0.3, -0.25) is 4.79 Å². The van der Waals surface area contributed by atoms with E-state index in [-0.39, 0.29) is 24.0 Å². The summed E-state index contributed by atoms with van der Waals surface area (Å²) in [5, 5.41) is 15.4. The van der Waals surface area contributed by atoms with Crippen LogP contribution in [0.1, 0.15) is 28.4 Å². The van der Waals surface area contributed by atoms with E-state index in [4.69, 9.17) is 4.74 Å². The first-order chi connectivity index (χ1) is 18.0. The van der Waals surface area contributed by atoms with E-state index >= 15 is 0 Å². The summed E-state index contributed by atoms with van der Waals surface area (Å²) in [6.07, 6.45) is -1.94. The van der Waals surface area contributed by atoms with Crippen molar-refractivity contribution in [3.8, 4) is 16.9 Å². The average molecular weight is 590 g/mol. The number of ether oxygens (including phenoxy) is 1. The Balaban J connectivity index is 1.73. The molecule has 0 saturated heterocycles. The van der Waals surface area contributed by atoms with E-state index in [9.17, 15) is 23.1 Å². The Morgan fingerprint density at radius 2 is 1.92 bits per heavy atom. The SMILES string of the molecule is COc1c(-c2cc(C(=O)Nc3cc(C(F)(F)F)ccn3)ccc2C)cc2cnc(N[C@@H](C)CO)nc2c1Br. The molecule has 4 rings (SSSR count). The molecule has 0 aliphatic rings. The maximum absolute atomic E-state index is 13.0. The van der Waals surface area contributed by atoms with Crippen LogP contribution >= 0.6 is 15.9 Å². The minimum Gasteiger partial charge on any atom is -0.495 e.